The molecule has 0 aliphatic carbocycles. The van der Waals surface area contributed by atoms with Gasteiger partial charge in [-0.1, -0.05) is 134 Å². The second kappa shape index (κ2) is 37.0. The van der Waals surface area contributed by atoms with Crippen molar-refractivity contribution >= 4 is 19.8 Å². The zero-order chi connectivity index (χ0) is 36.8. The first kappa shape index (κ1) is 48.2. The molecular formula is C40H74NO8P. The van der Waals surface area contributed by atoms with E-state index in [4.69, 9.17) is 24.3 Å². The molecule has 0 aromatic heterocycles. The average molecular weight is 728 g/mol. The van der Waals surface area contributed by atoms with E-state index in [-0.39, 0.29) is 32.6 Å². The maximum absolute atomic E-state index is 12.5. The standard InChI is InChI=1S/C40H74NO8P/c1-3-5-7-9-11-13-15-17-19-21-22-24-26-28-30-32-39(42)46-36-38(37-48-50(44,45)47-35-34-41)49-40(43)33-31-29-27-25-23-20-18-16-14-12-10-8-6-4-2/h13,15-19,38H,3-12,14,20-37,41H2,1-2H3,(H,44,45)/b15-13+,18-16+,19-17+/t38-/m1/s1. The van der Waals surface area contributed by atoms with Gasteiger partial charge in [0.05, 0.1) is 13.2 Å². The van der Waals surface area contributed by atoms with Crippen LogP contribution in [-0.2, 0) is 32.7 Å². The highest BCUT2D eigenvalue weighted by Gasteiger charge is 2.25. The van der Waals surface area contributed by atoms with E-state index in [9.17, 15) is 19.0 Å². The number of nitrogens with two attached hydrogens (primary N) is 1. The van der Waals surface area contributed by atoms with Crippen LogP contribution in [0.5, 0.6) is 0 Å². The number of unbranched alkanes of at least 4 members (excludes halogenated alkanes) is 19. The van der Waals surface area contributed by atoms with Crippen LogP contribution < -0.4 is 5.73 Å². The summed E-state index contributed by atoms with van der Waals surface area (Å²) in [6, 6.07) is 0. The summed E-state index contributed by atoms with van der Waals surface area (Å²) < 4.78 is 32.7. The van der Waals surface area contributed by atoms with E-state index in [0.717, 1.165) is 70.6 Å². The zero-order valence-corrected chi connectivity index (χ0v) is 32.8. The second-order valence-electron chi connectivity index (χ2n) is 13.2. The first-order chi connectivity index (χ1) is 24.3. The maximum atomic E-state index is 12.5. The van der Waals surface area contributed by atoms with E-state index in [1.807, 2.05) is 0 Å². The molecule has 0 rings (SSSR count). The van der Waals surface area contributed by atoms with E-state index >= 15 is 0 Å². The van der Waals surface area contributed by atoms with Crippen molar-refractivity contribution in [3.05, 3.63) is 36.5 Å². The van der Waals surface area contributed by atoms with Gasteiger partial charge < -0.3 is 20.1 Å². The topological polar surface area (TPSA) is 134 Å². The van der Waals surface area contributed by atoms with Gasteiger partial charge in [-0.15, -0.1) is 0 Å². The quantitative estimate of drug-likeness (QED) is 0.0211. The molecule has 0 aliphatic rings. The van der Waals surface area contributed by atoms with Crippen LogP contribution in [-0.4, -0.2) is 49.3 Å². The molecule has 0 amide bonds. The fraction of sp³-hybridized carbons (Fsp3) is 0.800. The lowest BCUT2D eigenvalue weighted by Gasteiger charge is -2.19. The Balaban J connectivity index is 4.25. The van der Waals surface area contributed by atoms with Crippen LogP contribution in [0.1, 0.15) is 174 Å². The van der Waals surface area contributed by atoms with Crippen LogP contribution in [0, 0.1) is 0 Å². The fourth-order valence-corrected chi connectivity index (χ4v) is 6.03. The minimum absolute atomic E-state index is 0.0494. The Morgan fingerprint density at radius 1 is 0.600 bits per heavy atom. The molecule has 10 heteroatoms. The van der Waals surface area contributed by atoms with Crippen molar-refractivity contribution < 1.29 is 37.6 Å². The molecule has 0 spiro atoms. The number of allylic oxidation sites excluding steroid dienone is 6. The van der Waals surface area contributed by atoms with Gasteiger partial charge in [-0.3, -0.25) is 18.6 Å². The van der Waals surface area contributed by atoms with Crippen molar-refractivity contribution in [3.63, 3.8) is 0 Å². The number of phosphoric acid groups is 1. The van der Waals surface area contributed by atoms with E-state index in [2.05, 4.69) is 50.3 Å². The Bertz CT molecular complexity index is 923. The molecule has 0 heterocycles. The number of ether oxygens (including phenoxy) is 2. The molecular weight excluding hydrogens is 653 g/mol. The lowest BCUT2D eigenvalue weighted by atomic mass is 10.1. The normalized spacial score (nSPS) is 13.8. The van der Waals surface area contributed by atoms with Crippen molar-refractivity contribution in [2.24, 2.45) is 5.73 Å². The molecule has 0 bridgehead atoms. The summed E-state index contributed by atoms with van der Waals surface area (Å²) in [5, 5.41) is 0. The summed E-state index contributed by atoms with van der Waals surface area (Å²) in [6.07, 6.45) is 38.8. The molecule has 50 heavy (non-hydrogen) atoms. The molecule has 292 valence electrons. The van der Waals surface area contributed by atoms with Gasteiger partial charge in [0.2, 0.25) is 0 Å². The highest BCUT2D eigenvalue weighted by molar-refractivity contribution is 7.47. The van der Waals surface area contributed by atoms with E-state index < -0.39 is 32.5 Å². The number of carbonyl (C=O) groups excluding carboxylic acids is 2. The van der Waals surface area contributed by atoms with Crippen molar-refractivity contribution in [1.82, 2.24) is 0 Å². The van der Waals surface area contributed by atoms with Crippen molar-refractivity contribution in [1.29, 1.82) is 0 Å². The molecule has 0 radical (unpaired) electrons. The number of hydrogen-bond donors (Lipinski definition) is 2. The molecule has 3 N–H and O–H groups in total. The van der Waals surface area contributed by atoms with Gasteiger partial charge in [0, 0.05) is 19.4 Å². The van der Waals surface area contributed by atoms with Crippen LogP contribution in [0.4, 0.5) is 0 Å². The zero-order valence-electron chi connectivity index (χ0n) is 31.9. The molecule has 0 saturated carbocycles. The Morgan fingerprint density at radius 2 is 1.04 bits per heavy atom. The smallest absolute Gasteiger partial charge is 0.462 e. The number of esters is 2. The molecule has 0 saturated heterocycles. The van der Waals surface area contributed by atoms with Crippen LogP contribution in [0.25, 0.3) is 0 Å². The predicted molar refractivity (Wildman–Crippen MR) is 206 cm³/mol. The van der Waals surface area contributed by atoms with E-state index in [0.29, 0.717) is 12.8 Å². The minimum Gasteiger partial charge on any atom is -0.462 e. The lowest BCUT2D eigenvalue weighted by molar-refractivity contribution is -0.161. The Kier molecular flexibility index (Phi) is 35.7. The molecule has 1 unspecified atom stereocenters. The summed E-state index contributed by atoms with van der Waals surface area (Å²) in [4.78, 5) is 34.7. The van der Waals surface area contributed by atoms with E-state index in [1.54, 1.807) is 0 Å². The van der Waals surface area contributed by atoms with Gasteiger partial charge in [-0.25, -0.2) is 4.57 Å². The third-order valence-electron chi connectivity index (χ3n) is 8.28. The monoisotopic (exact) mass is 728 g/mol. The van der Waals surface area contributed by atoms with Gasteiger partial charge in [0.1, 0.15) is 6.61 Å². The molecule has 2 atom stereocenters. The molecule has 9 nitrogen and oxygen atoms in total. The highest BCUT2D eigenvalue weighted by atomic mass is 31.2. The number of carbonyl (C=O) groups is 2. The Labute approximate surface area is 305 Å². The first-order valence-electron chi connectivity index (χ1n) is 20.0. The summed E-state index contributed by atoms with van der Waals surface area (Å²) in [5.41, 5.74) is 5.33. The van der Waals surface area contributed by atoms with Crippen LogP contribution in [0.2, 0.25) is 0 Å². The Hall–Kier alpha value is -1.77. The van der Waals surface area contributed by atoms with Crippen molar-refractivity contribution in [3.8, 4) is 0 Å². The van der Waals surface area contributed by atoms with Gasteiger partial charge in [-0.05, 0) is 64.2 Å². The van der Waals surface area contributed by atoms with Crippen LogP contribution >= 0.6 is 7.82 Å². The SMILES string of the molecule is CCCCCC/C=C/C=C/CCCCCCCC(=O)OC[C@H](COP(=O)(O)OCCN)OC(=O)CCCCCCC/C=C/CCCCCCC. The second-order valence-corrected chi connectivity index (χ2v) is 14.6. The fourth-order valence-electron chi connectivity index (χ4n) is 5.27. The molecule has 0 aromatic carbocycles. The summed E-state index contributed by atoms with van der Waals surface area (Å²) in [7, 11) is -4.38. The van der Waals surface area contributed by atoms with Gasteiger partial charge in [0.25, 0.3) is 0 Å². The number of phosphoric ester groups is 1. The highest BCUT2D eigenvalue weighted by Crippen LogP contribution is 2.43. The van der Waals surface area contributed by atoms with Gasteiger partial charge in [0.15, 0.2) is 6.10 Å². The van der Waals surface area contributed by atoms with Crippen molar-refractivity contribution in [2.45, 2.75) is 180 Å². The number of rotatable bonds is 37. The van der Waals surface area contributed by atoms with Gasteiger partial charge in [-0.2, -0.15) is 0 Å². The van der Waals surface area contributed by atoms with Crippen molar-refractivity contribution in [2.75, 3.05) is 26.4 Å². The molecule has 0 aliphatic heterocycles. The Morgan fingerprint density at radius 3 is 1.56 bits per heavy atom. The number of hydrogen-bond acceptors (Lipinski definition) is 8. The minimum atomic E-state index is -4.38. The van der Waals surface area contributed by atoms with E-state index in [1.165, 1.54) is 64.2 Å². The van der Waals surface area contributed by atoms with Crippen LogP contribution in [0.3, 0.4) is 0 Å². The average Bonchev–Trinajstić information content (AvgIpc) is 3.10. The third-order valence-corrected chi connectivity index (χ3v) is 9.26. The maximum Gasteiger partial charge on any atom is 0.472 e. The molecule has 0 aromatic rings. The molecule has 0 fully saturated rings. The van der Waals surface area contributed by atoms with Crippen LogP contribution in [0.15, 0.2) is 36.5 Å². The third kappa shape index (κ3) is 36.0. The largest absolute Gasteiger partial charge is 0.472 e. The predicted octanol–water partition coefficient (Wildman–Crippen LogP) is 11.0. The summed E-state index contributed by atoms with van der Waals surface area (Å²) in [5.74, 6) is -0.857. The van der Waals surface area contributed by atoms with Gasteiger partial charge >= 0.3 is 19.8 Å². The first-order valence-corrected chi connectivity index (χ1v) is 21.5. The summed E-state index contributed by atoms with van der Waals surface area (Å²) >= 11 is 0. The lowest BCUT2D eigenvalue weighted by Crippen LogP contribution is -2.29. The summed E-state index contributed by atoms with van der Waals surface area (Å²) in [6.45, 7) is 3.66.